The van der Waals surface area contributed by atoms with E-state index in [1.54, 1.807) is 18.2 Å². The number of thiocarbonyl (C=S) groups is 1. The molecule has 0 aliphatic carbocycles. The SMILES string of the molecule is COc1cccc(/C=C2/SC(=S)N(CC(=O)O)C2=O)c1O. The molecule has 6 nitrogen and oxygen atoms in total. The van der Waals surface area contributed by atoms with Crippen molar-refractivity contribution in [3.8, 4) is 11.5 Å². The number of hydrogen-bond acceptors (Lipinski definition) is 6. The number of benzene rings is 1. The highest BCUT2D eigenvalue weighted by Gasteiger charge is 2.33. The van der Waals surface area contributed by atoms with Crippen LogP contribution >= 0.6 is 24.0 Å². The van der Waals surface area contributed by atoms with Crippen LogP contribution in [0, 0.1) is 0 Å². The van der Waals surface area contributed by atoms with Gasteiger partial charge in [-0.15, -0.1) is 0 Å². The number of hydrogen-bond donors (Lipinski definition) is 2. The van der Waals surface area contributed by atoms with Crippen LogP contribution in [0.15, 0.2) is 23.1 Å². The number of carbonyl (C=O) groups excluding carboxylic acids is 1. The van der Waals surface area contributed by atoms with Crippen molar-refractivity contribution in [3.63, 3.8) is 0 Å². The number of para-hydroxylation sites is 1. The Bertz CT molecular complexity index is 656. The summed E-state index contributed by atoms with van der Waals surface area (Å²) in [4.78, 5) is 24.1. The Kier molecular flexibility index (Phi) is 4.49. The monoisotopic (exact) mass is 325 g/mol. The third-order valence-electron chi connectivity index (χ3n) is 2.70. The molecule has 0 bridgehead atoms. The highest BCUT2D eigenvalue weighted by molar-refractivity contribution is 8.26. The number of carboxylic acid groups (broad SMARTS) is 1. The third kappa shape index (κ3) is 3.17. The second-order valence-electron chi connectivity index (χ2n) is 4.06. The van der Waals surface area contributed by atoms with Crippen LogP contribution in [0.3, 0.4) is 0 Å². The van der Waals surface area contributed by atoms with Crippen LogP contribution in [0.25, 0.3) is 6.08 Å². The Morgan fingerprint density at radius 1 is 1.52 bits per heavy atom. The number of phenolic OH excluding ortho intramolecular Hbond substituents is 1. The number of phenols is 1. The maximum Gasteiger partial charge on any atom is 0.323 e. The number of ether oxygens (including phenoxy) is 1. The molecule has 0 aromatic heterocycles. The highest BCUT2D eigenvalue weighted by Crippen LogP contribution is 2.36. The van der Waals surface area contributed by atoms with Crippen LogP contribution in [0.5, 0.6) is 11.5 Å². The number of carboxylic acids is 1. The molecule has 0 radical (unpaired) electrons. The van der Waals surface area contributed by atoms with Crippen molar-refractivity contribution < 1.29 is 24.5 Å². The fourth-order valence-corrected chi connectivity index (χ4v) is 2.98. The van der Waals surface area contributed by atoms with Crippen molar-refractivity contribution >= 4 is 46.3 Å². The first kappa shape index (κ1) is 15.3. The number of thioether (sulfide) groups is 1. The molecule has 2 N–H and O–H groups in total. The molecule has 110 valence electrons. The molecule has 1 heterocycles. The number of nitrogens with zero attached hydrogens (tertiary/aromatic N) is 1. The van der Waals surface area contributed by atoms with Gasteiger partial charge < -0.3 is 14.9 Å². The van der Waals surface area contributed by atoms with Gasteiger partial charge in [-0.25, -0.2) is 0 Å². The second-order valence-corrected chi connectivity index (χ2v) is 5.74. The summed E-state index contributed by atoms with van der Waals surface area (Å²) in [6.45, 7) is -0.480. The number of carbonyl (C=O) groups is 2. The average molecular weight is 325 g/mol. The van der Waals surface area contributed by atoms with Gasteiger partial charge in [0.15, 0.2) is 11.5 Å². The minimum Gasteiger partial charge on any atom is -0.504 e. The maximum absolute atomic E-state index is 12.1. The molecule has 2 rings (SSSR count). The van der Waals surface area contributed by atoms with Crippen molar-refractivity contribution in [2.45, 2.75) is 0 Å². The van der Waals surface area contributed by atoms with E-state index < -0.39 is 18.4 Å². The largest absolute Gasteiger partial charge is 0.504 e. The van der Waals surface area contributed by atoms with Crippen LogP contribution < -0.4 is 4.74 Å². The summed E-state index contributed by atoms with van der Waals surface area (Å²) in [7, 11) is 1.42. The van der Waals surface area contributed by atoms with E-state index in [1.807, 2.05) is 0 Å². The molecule has 1 aromatic carbocycles. The van der Waals surface area contributed by atoms with Crippen LogP contribution in [-0.2, 0) is 9.59 Å². The fraction of sp³-hybridized carbons (Fsp3) is 0.154. The van der Waals surface area contributed by atoms with E-state index in [9.17, 15) is 14.7 Å². The quantitative estimate of drug-likeness (QED) is 0.643. The van der Waals surface area contributed by atoms with Gasteiger partial charge in [-0.2, -0.15) is 0 Å². The van der Waals surface area contributed by atoms with Crippen LogP contribution in [-0.4, -0.2) is 45.0 Å². The number of aromatic hydroxyl groups is 1. The van der Waals surface area contributed by atoms with Gasteiger partial charge in [-0.1, -0.05) is 36.1 Å². The van der Waals surface area contributed by atoms with Gasteiger partial charge in [0.2, 0.25) is 0 Å². The summed E-state index contributed by atoms with van der Waals surface area (Å²) in [6, 6.07) is 4.87. The lowest BCUT2D eigenvalue weighted by Crippen LogP contribution is -2.33. The Morgan fingerprint density at radius 3 is 2.86 bits per heavy atom. The molecule has 1 saturated heterocycles. The predicted molar refractivity (Wildman–Crippen MR) is 82.2 cm³/mol. The van der Waals surface area contributed by atoms with Gasteiger partial charge in [0.25, 0.3) is 5.91 Å². The molecule has 1 aliphatic rings. The molecule has 1 amide bonds. The van der Waals surface area contributed by atoms with Gasteiger partial charge in [-0.3, -0.25) is 14.5 Å². The first-order chi connectivity index (χ1) is 9.93. The lowest BCUT2D eigenvalue weighted by atomic mass is 10.1. The molecule has 8 heteroatoms. The number of amides is 1. The van der Waals surface area contributed by atoms with Crippen molar-refractivity contribution in [1.29, 1.82) is 0 Å². The number of rotatable bonds is 4. The van der Waals surface area contributed by atoms with Gasteiger partial charge in [0, 0.05) is 5.56 Å². The summed E-state index contributed by atoms with van der Waals surface area (Å²) in [6.07, 6.45) is 1.46. The lowest BCUT2D eigenvalue weighted by molar-refractivity contribution is -0.140. The van der Waals surface area contributed by atoms with E-state index in [0.29, 0.717) is 5.56 Å². The van der Waals surface area contributed by atoms with Gasteiger partial charge in [0.05, 0.1) is 12.0 Å². The van der Waals surface area contributed by atoms with Gasteiger partial charge >= 0.3 is 5.97 Å². The average Bonchev–Trinajstić information content (AvgIpc) is 2.68. The van der Waals surface area contributed by atoms with Crippen LogP contribution in [0.2, 0.25) is 0 Å². The van der Waals surface area contributed by atoms with E-state index in [-0.39, 0.29) is 20.7 Å². The molecular weight excluding hydrogens is 314 g/mol. The molecule has 1 fully saturated rings. The molecule has 1 aliphatic heterocycles. The van der Waals surface area contributed by atoms with E-state index >= 15 is 0 Å². The normalized spacial score (nSPS) is 16.6. The standard InChI is InChI=1S/C13H11NO5S2/c1-19-8-4-2-3-7(11(8)17)5-9-12(18)14(6-10(15)16)13(20)21-9/h2-5,17H,6H2,1H3,(H,15,16)/b9-5+. The first-order valence-electron chi connectivity index (χ1n) is 5.77. The number of methoxy groups -OCH3 is 1. The first-order valence-corrected chi connectivity index (χ1v) is 6.99. The molecule has 21 heavy (non-hydrogen) atoms. The minimum absolute atomic E-state index is 0.0940. The molecule has 0 atom stereocenters. The van der Waals surface area contributed by atoms with Crippen molar-refractivity contribution in [2.75, 3.05) is 13.7 Å². The fourth-order valence-electron chi connectivity index (χ4n) is 1.73. The zero-order valence-electron chi connectivity index (χ0n) is 10.9. The summed E-state index contributed by atoms with van der Waals surface area (Å²) in [5.74, 6) is -1.44. The zero-order valence-corrected chi connectivity index (χ0v) is 12.5. The lowest BCUT2D eigenvalue weighted by Gasteiger charge is -2.10. The van der Waals surface area contributed by atoms with Gasteiger partial charge in [0.1, 0.15) is 10.9 Å². The summed E-state index contributed by atoms with van der Waals surface area (Å²) in [5, 5.41) is 18.7. The zero-order chi connectivity index (χ0) is 15.6. The van der Waals surface area contributed by atoms with Crippen molar-refractivity contribution in [1.82, 2.24) is 4.90 Å². The van der Waals surface area contributed by atoms with Gasteiger partial charge in [-0.05, 0) is 12.1 Å². The molecule has 1 aromatic rings. The molecule has 0 unspecified atom stereocenters. The third-order valence-corrected chi connectivity index (χ3v) is 4.08. The summed E-state index contributed by atoms with van der Waals surface area (Å²) in [5.41, 5.74) is 0.394. The van der Waals surface area contributed by atoms with Crippen molar-refractivity contribution in [2.24, 2.45) is 0 Å². The maximum atomic E-state index is 12.1. The Balaban J connectivity index is 2.33. The van der Waals surface area contributed by atoms with E-state index in [1.165, 1.54) is 13.2 Å². The smallest absolute Gasteiger partial charge is 0.323 e. The Hall–Kier alpha value is -2.06. The van der Waals surface area contributed by atoms with Crippen LogP contribution in [0.1, 0.15) is 5.56 Å². The van der Waals surface area contributed by atoms with Crippen LogP contribution in [0.4, 0.5) is 0 Å². The molecule has 0 spiro atoms. The second kappa shape index (κ2) is 6.15. The van der Waals surface area contributed by atoms with E-state index in [2.05, 4.69) is 0 Å². The summed E-state index contributed by atoms with van der Waals surface area (Å²) >= 11 is 5.98. The Labute approximate surface area is 130 Å². The number of aliphatic carboxylic acids is 1. The highest BCUT2D eigenvalue weighted by atomic mass is 32.2. The Morgan fingerprint density at radius 2 is 2.24 bits per heavy atom. The predicted octanol–water partition coefficient (Wildman–Crippen LogP) is 1.69. The molecular formula is C13H11NO5S2. The topological polar surface area (TPSA) is 87.1 Å². The summed E-state index contributed by atoms with van der Waals surface area (Å²) < 4.78 is 5.16. The van der Waals surface area contributed by atoms with Crippen molar-refractivity contribution in [3.05, 3.63) is 28.7 Å². The minimum atomic E-state index is -1.14. The van der Waals surface area contributed by atoms with E-state index in [0.717, 1.165) is 16.7 Å². The van der Waals surface area contributed by atoms with E-state index in [4.69, 9.17) is 22.1 Å². The molecule has 0 saturated carbocycles.